The second kappa shape index (κ2) is 8.12. The number of ether oxygens (including phenoxy) is 1. The highest BCUT2D eigenvalue weighted by atomic mass is 79.9. The van der Waals surface area contributed by atoms with E-state index in [0.29, 0.717) is 5.56 Å². The van der Waals surface area contributed by atoms with Crippen LogP contribution < -0.4 is 0 Å². The van der Waals surface area contributed by atoms with E-state index in [1.54, 1.807) is 6.07 Å². The third kappa shape index (κ3) is 5.17. The molecule has 1 rings (SSSR count). The monoisotopic (exact) mass is 384 g/mol. The van der Waals surface area contributed by atoms with Crippen molar-refractivity contribution in [1.82, 2.24) is 0 Å². The highest BCUT2D eigenvalue weighted by molar-refractivity contribution is 9.12. The SMILES string of the molecule is C\C=C/C(Br)=C\C=C\c1ccc(Br)cc1C(=O)OC. The highest BCUT2D eigenvalue weighted by Crippen LogP contribution is 2.19. The molecule has 0 heterocycles. The molecule has 0 spiro atoms. The standard InChI is InChI=1S/C15H14Br2O2/c1-3-5-12(16)7-4-6-11-8-9-13(17)10-14(11)15(18)19-2/h3-10H,1-2H3/b5-3-,6-4+,12-7+. The third-order valence-corrected chi connectivity index (χ3v) is 3.30. The maximum absolute atomic E-state index is 11.7. The molecule has 0 aliphatic carbocycles. The Morgan fingerprint density at radius 1 is 1.37 bits per heavy atom. The molecule has 0 N–H and O–H groups in total. The zero-order valence-corrected chi connectivity index (χ0v) is 13.9. The van der Waals surface area contributed by atoms with Crippen molar-refractivity contribution in [1.29, 1.82) is 0 Å². The van der Waals surface area contributed by atoms with Gasteiger partial charge in [0.15, 0.2) is 0 Å². The van der Waals surface area contributed by atoms with Gasteiger partial charge in [-0.05, 0) is 30.7 Å². The van der Waals surface area contributed by atoms with Gasteiger partial charge >= 0.3 is 5.97 Å². The molecule has 0 unspecified atom stereocenters. The van der Waals surface area contributed by atoms with Crippen molar-refractivity contribution in [2.75, 3.05) is 7.11 Å². The van der Waals surface area contributed by atoms with E-state index in [1.807, 2.05) is 49.4 Å². The van der Waals surface area contributed by atoms with E-state index < -0.39 is 0 Å². The molecule has 0 aliphatic heterocycles. The minimum Gasteiger partial charge on any atom is -0.465 e. The van der Waals surface area contributed by atoms with Crippen LogP contribution in [0.25, 0.3) is 6.08 Å². The van der Waals surface area contributed by atoms with Crippen molar-refractivity contribution in [2.45, 2.75) is 6.92 Å². The van der Waals surface area contributed by atoms with Crippen LogP contribution in [0.5, 0.6) is 0 Å². The predicted molar refractivity (Wildman–Crippen MR) is 86.3 cm³/mol. The second-order valence-electron chi connectivity index (χ2n) is 3.63. The van der Waals surface area contributed by atoms with Crippen molar-refractivity contribution in [3.05, 3.63) is 62.6 Å². The van der Waals surface area contributed by atoms with Crippen LogP contribution >= 0.6 is 31.9 Å². The van der Waals surface area contributed by atoms with Gasteiger partial charge in [-0.25, -0.2) is 4.79 Å². The van der Waals surface area contributed by atoms with Crippen LogP contribution in [0, 0.1) is 0 Å². The number of benzene rings is 1. The first kappa shape index (κ1) is 15.9. The lowest BCUT2D eigenvalue weighted by atomic mass is 10.1. The molecule has 0 radical (unpaired) electrons. The Hall–Kier alpha value is -1.13. The normalized spacial score (nSPS) is 12.3. The van der Waals surface area contributed by atoms with Crippen LogP contribution in [0.4, 0.5) is 0 Å². The van der Waals surface area contributed by atoms with Gasteiger partial charge in [0.2, 0.25) is 0 Å². The number of esters is 1. The Morgan fingerprint density at radius 3 is 2.74 bits per heavy atom. The smallest absolute Gasteiger partial charge is 0.338 e. The van der Waals surface area contributed by atoms with Gasteiger partial charge in [-0.1, -0.05) is 62.2 Å². The molecule has 0 atom stereocenters. The molecule has 4 heteroatoms. The maximum Gasteiger partial charge on any atom is 0.338 e. The van der Waals surface area contributed by atoms with Gasteiger partial charge in [0, 0.05) is 8.96 Å². The Bertz CT molecular complexity index is 543. The Morgan fingerprint density at radius 2 is 2.11 bits per heavy atom. The van der Waals surface area contributed by atoms with Crippen molar-refractivity contribution in [2.24, 2.45) is 0 Å². The first-order chi connectivity index (χ1) is 9.08. The fraction of sp³-hybridized carbons (Fsp3) is 0.133. The molecule has 1 aromatic rings. The van der Waals surface area contributed by atoms with Gasteiger partial charge in [-0.15, -0.1) is 0 Å². The van der Waals surface area contributed by atoms with Crippen molar-refractivity contribution in [3.8, 4) is 0 Å². The first-order valence-electron chi connectivity index (χ1n) is 5.63. The van der Waals surface area contributed by atoms with Crippen molar-refractivity contribution >= 4 is 43.9 Å². The summed E-state index contributed by atoms with van der Waals surface area (Å²) < 4.78 is 6.57. The zero-order chi connectivity index (χ0) is 14.3. The van der Waals surface area contributed by atoms with E-state index in [4.69, 9.17) is 4.74 Å². The van der Waals surface area contributed by atoms with Crippen LogP contribution in [0.1, 0.15) is 22.8 Å². The van der Waals surface area contributed by atoms with Gasteiger partial charge in [-0.3, -0.25) is 0 Å². The summed E-state index contributed by atoms with van der Waals surface area (Å²) in [5, 5.41) is 0. The topological polar surface area (TPSA) is 26.3 Å². The molecule has 0 amide bonds. The third-order valence-electron chi connectivity index (χ3n) is 2.28. The lowest BCUT2D eigenvalue weighted by Gasteiger charge is -2.04. The lowest BCUT2D eigenvalue weighted by molar-refractivity contribution is 0.0600. The van der Waals surface area contributed by atoms with E-state index in [-0.39, 0.29) is 5.97 Å². The Kier molecular flexibility index (Phi) is 6.81. The molecule has 1 aromatic carbocycles. The number of allylic oxidation sites excluding steroid dienone is 5. The quantitative estimate of drug-likeness (QED) is 0.532. The number of methoxy groups -OCH3 is 1. The van der Waals surface area contributed by atoms with Gasteiger partial charge in [0.1, 0.15) is 0 Å². The molecule has 0 aromatic heterocycles. The number of halogens is 2. The lowest BCUT2D eigenvalue weighted by Crippen LogP contribution is -2.03. The molecule has 100 valence electrons. The van der Waals surface area contributed by atoms with E-state index in [0.717, 1.165) is 14.5 Å². The van der Waals surface area contributed by atoms with E-state index in [9.17, 15) is 4.79 Å². The average Bonchev–Trinajstić information content (AvgIpc) is 2.39. The van der Waals surface area contributed by atoms with Crippen LogP contribution in [0.15, 0.2) is 51.5 Å². The predicted octanol–water partition coefficient (Wildman–Crippen LogP) is 5.10. The van der Waals surface area contributed by atoms with E-state index in [1.165, 1.54) is 7.11 Å². The van der Waals surface area contributed by atoms with E-state index in [2.05, 4.69) is 31.9 Å². The zero-order valence-electron chi connectivity index (χ0n) is 10.7. The summed E-state index contributed by atoms with van der Waals surface area (Å²) in [7, 11) is 1.37. The number of rotatable bonds is 4. The summed E-state index contributed by atoms with van der Waals surface area (Å²) in [4.78, 5) is 11.7. The molecule has 19 heavy (non-hydrogen) atoms. The molecule has 0 saturated carbocycles. The van der Waals surface area contributed by atoms with Crippen LogP contribution in [-0.2, 0) is 4.74 Å². The van der Waals surface area contributed by atoms with Crippen LogP contribution in [-0.4, -0.2) is 13.1 Å². The fourth-order valence-corrected chi connectivity index (χ4v) is 2.20. The van der Waals surface area contributed by atoms with Crippen LogP contribution in [0.2, 0.25) is 0 Å². The highest BCUT2D eigenvalue weighted by Gasteiger charge is 2.09. The van der Waals surface area contributed by atoms with E-state index >= 15 is 0 Å². The number of hydrogen-bond donors (Lipinski definition) is 0. The maximum atomic E-state index is 11.7. The molecule has 0 saturated heterocycles. The Labute approximate surface area is 130 Å². The largest absolute Gasteiger partial charge is 0.465 e. The van der Waals surface area contributed by atoms with Gasteiger partial charge in [0.25, 0.3) is 0 Å². The number of carbonyl (C=O) groups excluding carboxylic acids is 1. The summed E-state index contributed by atoms with van der Waals surface area (Å²) >= 11 is 6.75. The van der Waals surface area contributed by atoms with Crippen LogP contribution in [0.3, 0.4) is 0 Å². The van der Waals surface area contributed by atoms with Crippen molar-refractivity contribution in [3.63, 3.8) is 0 Å². The average molecular weight is 386 g/mol. The Balaban J connectivity index is 3.04. The van der Waals surface area contributed by atoms with Gasteiger partial charge in [-0.2, -0.15) is 0 Å². The summed E-state index contributed by atoms with van der Waals surface area (Å²) in [5.74, 6) is -0.350. The number of hydrogen-bond acceptors (Lipinski definition) is 2. The molecule has 0 bridgehead atoms. The molecule has 0 fully saturated rings. The molecule has 2 nitrogen and oxygen atoms in total. The molecular formula is C15H14Br2O2. The summed E-state index contributed by atoms with van der Waals surface area (Å²) in [6.45, 7) is 1.95. The van der Waals surface area contributed by atoms with Crippen molar-refractivity contribution < 1.29 is 9.53 Å². The summed E-state index contributed by atoms with van der Waals surface area (Å²) in [6, 6.07) is 5.50. The number of carbonyl (C=O) groups is 1. The van der Waals surface area contributed by atoms with Gasteiger partial charge < -0.3 is 4.74 Å². The summed E-state index contributed by atoms with van der Waals surface area (Å²) in [5.41, 5.74) is 1.34. The molecular weight excluding hydrogens is 372 g/mol. The molecule has 0 aliphatic rings. The fourth-order valence-electron chi connectivity index (χ4n) is 1.42. The minimum absolute atomic E-state index is 0.350. The first-order valence-corrected chi connectivity index (χ1v) is 7.21. The summed E-state index contributed by atoms with van der Waals surface area (Å²) in [6.07, 6.45) is 9.52. The second-order valence-corrected chi connectivity index (χ2v) is 5.47. The van der Waals surface area contributed by atoms with Gasteiger partial charge in [0.05, 0.1) is 12.7 Å². The minimum atomic E-state index is -0.350.